The predicted molar refractivity (Wildman–Crippen MR) is 102 cm³/mol. The van der Waals surface area contributed by atoms with Crippen LogP contribution in [0.25, 0.3) is 22.8 Å². The van der Waals surface area contributed by atoms with Gasteiger partial charge in [0.05, 0.1) is 17.3 Å². The van der Waals surface area contributed by atoms with Gasteiger partial charge in [0.2, 0.25) is 11.8 Å². The average molecular weight is 417 g/mol. The van der Waals surface area contributed by atoms with Gasteiger partial charge in [-0.05, 0) is 36.4 Å². The molecule has 0 spiro atoms. The molecule has 0 amide bonds. The fraction of sp³-hybridized carbons (Fsp3) is 0.0476. The molecule has 2 heterocycles. The monoisotopic (exact) mass is 416 g/mol. The van der Waals surface area contributed by atoms with E-state index in [9.17, 15) is 13.2 Å². The Bertz CT molecular complexity index is 1130. The second-order valence-corrected chi connectivity index (χ2v) is 6.45. The smallest absolute Gasteiger partial charge is 0.417 e. The Balaban J connectivity index is 1.71. The highest BCUT2D eigenvalue weighted by Gasteiger charge is 2.36. The van der Waals surface area contributed by atoms with Crippen molar-refractivity contribution in [2.45, 2.75) is 6.18 Å². The molecular formula is C21H12ClF3N2O2. The van der Waals surface area contributed by atoms with Crippen LogP contribution in [0.5, 0.6) is 11.6 Å². The summed E-state index contributed by atoms with van der Waals surface area (Å²) in [4.78, 5) is 7.97. The fourth-order valence-electron chi connectivity index (χ4n) is 2.65. The third-order valence-corrected chi connectivity index (χ3v) is 4.27. The predicted octanol–water partition coefficient (Wildman–Crippen LogP) is 6.87. The van der Waals surface area contributed by atoms with E-state index in [4.69, 9.17) is 20.8 Å². The summed E-state index contributed by atoms with van der Waals surface area (Å²) in [7, 11) is 0. The highest BCUT2D eigenvalue weighted by Crippen LogP contribution is 2.39. The van der Waals surface area contributed by atoms with Gasteiger partial charge in [-0.3, -0.25) is 0 Å². The molecule has 4 rings (SSSR count). The summed E-state index contributed by atoms with van der Waals surface area (Å²) in [6, 6.07) is 15.9. The first kappa shape index (κ1) is 19.0. The van der Waals surface area contributed by atoms with Crippen molar-refractivity contribution < 1.29 is 22.3 Å². The van der Waals surface area contributed by atoms with Crippen molar-refractivity contribution >= 4 is 11.6 Å². The lowest BCUT2D eigenvalue weighted by Crippen LogP contribution is -2.08. The Hall–Kier alpha value is -3.32. The number of hydrogen-bond donors (Lipinski definition) is 0. The molecule has 146 valence electrons. The maximum atomic E-state index is 13.7. The summed E-state index contributed by atoms with van der Waals surface area (Å²) < 4.78 is 51.9. The zero-order valence-electron chi connectivity index (χ0n) is 14.7. The number of para-hydroxylation sites is 1. The molecule has 4 nitrogen and oxygen atoms in total. The van der Waals surface area contributed by atoms with Crippen molar-refractivity contribution in [2.75, 3.05) is 0 Å². The first-order valence-electron chi connectivity index (χ1n) is 8.42. The molecule has 0 unspecified atom stereocenters. The highest BCUT2D eigenvalue weighted by atomic mass is 35.5. The molecule has 29 heavy (non-hydrogen) atoms. The van der Waals surface area contributed by atoms with Crippen LogP contribution in [-0.2, 0) is 6.18 Å². The lowest BCUT2D eigenvalue weighted by Gasteiger charge is -2.12. The van der Waals surface area contributed by atoms with Crippen LogP contribution in [0, 0.1) is 0 Å². The Labute approximate surface area is 168 Å². The summed E-state index contributed by atoms with van der Waals surface area (Å²) in [6.07, 6.45) is -2.26. The molecule has 4 aromatic rings. The summed E-state index contributed by atoms with van der Waals surface area (Å²) in [5.74, 6) is 0.314. The number of halogens is 4. The molecule has 2 aromatic heterocycles. The molecule has 0 bridgehead atoms. The quantitative estimate of drug-likeness (QED) is 0.364. The lowest BCUT2D eigenvalue weighted by molar-refractivity contribution is -0.137. The van der Waals surface area contributed by atoms with Crippen molar-refractivity contribution in [1.82, 2.24) is 9.97 Å². The second-order valence-electron chi connectivity index (χ2n) is 6.02. The molecular weight excluding hydrogens is 405 g/mol. The van der Waals surface area contributed by atoms with Crippen LogP contribution in [0.3, 0.4) is 0 Å². The lowest BCUT2D eigenvalue weighted by atomic mass is 10.1. The van der Waals surface area contributed by atoms with Crippen LogP contribution in [0.2, 0.25) is 5.02 Å². The standard InChI is InChI=1S/C21H12ClF3N2O2/c22-14-8-6-13(7-9-14)18-12-27-20(29-18)16-11-26-19(10-17(16)21(23,24)25)28-15-4-2-1-3-5-15/h1-12H. The number of nitrogens with zero attached hydrogens (tertiary/aromatic N) is 2. The minimum Gasteiger partial charge on any atom is -0.439 e. The van der Waals surface area contributed by atoms with Gasteiger partial charge in [0.15, 0.2) is 5.76 Å². The van der Waals surface area contributed by atoms with E-state index in [1.165, 1.54) is 6.20 Å². The molecule has 0 saturated heterocycles. The number of oxazole rings is 1. The Morgan fingerprint density at radius 3 is 2.31 bits per heavy atom. The van der Waals surface area contributed by atoms with Gasteiger partial charge in [-0.15, -0.1) is 0 Å². The van der Waals surface area contributed by atoms with Crippen LogP contribution in [0.15, 0.2) is 77.5 Å². The molecule has 0 aliphatic carbocycles. The number of pyridine rings is 1. The van der Waals surface area contributed by atoms with E-state index in [0.717, 1.165) is 12.3 Å². The zero-order chi connectivity index (χ0) is 20.4. The molecule has 8 heteroatoms. The van der Waals surface area contributed by atoms with Gasteiger partial charge < -0.3 is 9.15 Å². The van der Waals surface area contributed by atoms with Crippen molar-refractivity contribution in [1.29, 1.82) is 0 Å². The molecule has 0 fully saturated rings. The molecule has 0 radical (unpaired) electrons. The fourth-order valence-corrected chi connectivity index (χ4v) is 2.78. The Morgan fingerprint density at radius 2 is 1.62 bits per heavy atom. The van der Waals surface area contributed by atoms with Gasteiger partial charge in [-0.25, -0.2) is 9.97 Å². The largest absolute Gasteiger partial charge is 0.439 e. The first-order chi connectivity index (χ1) is 13.9. The van der Waals surface area contributed by atoms with Gasteiger partial charge in [0, 0.05) is 22.8 Å². The number of benzene rings is 2. The molecule has 0 N–H and O–H groups in total. The van der Waals surface area contributed by atoms with E-state index < -0.39 is 11.7 Å². The van der Waals surface area contributed by atoms with Gasteiger partial charge in [-0.1, -0.05) is 29.8 Å². The van der Waals surface area contributed by atoms with Crippen LogP contribution in [0.1, 0.15) is 5.56 Å². The van der Waals surface area contributed by atoms with E-state index in [-0.39, 0.29) is 17.3 Å². The van der Waals surface area contributed by atoms with Crippen LogP contribution >= 0.6 is 11.6 Å². The number of alkyl halides is 3. The Morgan fingerprint density at radius 1 is 0.897 bits per heavy atom. The van der Waals surface area contributed by atoms with Crippen molar-refractivity contribution in [3.8, 4) is 34.4 Å². The van der Waals surface area contributed by atoms with E-state index in [0.29, 0.717) is 22.1 Å². The summed E-state index contributed by atoms with van der Waals surface area (Å²) in [6.45, 7) is 0. The summed E-state index contributed by atoms with van der Waals surface area (Å²) in [5.41, 5.74) is -0.597. The topological polar surface area (TPSA) is 48.2 Å². The molecule has 0 aliphatic rings. The number of rotatable bonds is 4. The van der Waals surface area contributed by atoms with Crippen LogP contribution in [-0.4, -0.2) is 9.97 Å². The number of aromatic nitrogens is 2. The number of hydrogen-bond acceptors (Lipinski definition) is 4. The Kier molecular flexibility index (Phi) is 4.98. The van der Waals surface area contributed by atoms with Gasteiger partial charge in [-0.2, -0.15) is 13.2 Å². The molecule has 0 saturated carbocycles. The van der Waals surface area contributed by atoms with Gasteiger partial charge in [0.25, 0.3) is 0 Å². The first-order valence-corrected chi connectivity index (χ1v) is 8.80. The average Bonchev–Trinajstić information content (AvgIpc) is 3.19. The minimum absolute atomic E-state index is 0.184. The van der Waals surface area contributed by atoms with Gasteiger partial charge >= 0.3 is 6.18 Å². The molecule has 2 aromatic carbocycles. The van der Waals surface area contributed by atoms with Crippen molar-refractivity contribution in [3.63, 3.8) is 0 Å². The third kappa shape index (κ3) is 4.25. The molecule has 0 aliphatic heterocycles. The second kappa shape index (κ2) is 7.60. The number of ether oxygens (including phenoxy) is 1. The van der Waals surface area contributed by atoms with E-state index >= 15 is 0 Å². The van der Waals surface area contributed by atoms with E-state index in [1.54, 1.807) is 54.6 Å². The highest BCUT2D eigenvalue weighted by molar-refractivity contribution is 6.30. The summed E-state index contributed by atoms with van der Waals surface area (Å²) in [5, 5.41) is 0.533. The maximum Gasteiger partial charge on any atom is 0.417 e. The summed E-state index contributed by atoms with van der Waals surface area (Å²) >= 11 is 5.85. The van der Waals surface area contributed by atoms with Gasteiger partial charge in [0.1, 0.15) is 5.75 Å². The SMILES string of the molecule is FC(F)(F)c1cc(Oc2ccccc2)ncc1-c1ncc(-c2ccc(Cl)cc2)o1. The molecule has 0 atom stereocenters. The van der Waals surface area contributed by atoms with E-state index in [2.05, 4.69) is 9.97 Å². The van der Waals surface area contributed by atoms with Crippen LogP contribution in [0.4, 0.5) is 13.2 Å². The third-order valence-electron chi connectivity index (χ3n) is 4.01. The maximum absolute atomic E-state index is 13.7. The normalized spacial score (nSPS) is 11.4. The zero-order valence-corrected chi connectivity index (χ0v) is 15.4. The van der Waals surface area contributed by atoms with E-state index in [1.807, 2.05) is 0 Å². The van der Waals surface area contributed by atoms with Crippen LogP contribution < -0.4 is 4.74 Å². The van der Waals surface area contributed by atoms with Crippen molar-refractivity contribution in [3.05, 3.63) is 83.6 Å². The van der Waals surface area contributed by atoms with Crippen molar-refractivity contribution in [2.24, 2.45) is 0 Å². The minimum atomic E-state index is -4.65.